The average Bonchev–Trinajstić information content (AvgIpc) is 3.16. The smallest absolute Gasteiger partial charge is 0.185 e. The zero-order valence-electron chi connectivity index (χ0n) is 18.9. The maximum absolute atomic E-state index is 12.6. The van der Waals surface area contributed by atoms with Crippen molar-refractivity contribution in [3.05, 3.63) is 71.9 Å². The molecule has 1 saturated heterocycles. The van der Waals surface area contributed by atoms with Gasteiger partial charge in [0.2, 0.25) is 0 Å². The number of rotatable bonds is 8. The van der Waals surface area contributed by atoms with Crippen LogP contribution in [0.4, 0.5) is 0 Å². The Labute approximate surface area is 189 Å². The number of piperazine rings is 1. The third kappa shape index (κ3) is 5.27. The molecule has 0 radical (unpaired) electrons. The van der Waals surface area contributed by atoms with E-state index >= 15 is 0 Å². The number of benzene rings is 2. The van der Waals surface area contributed by atoms with E-state index in [1.54, 1.807) is 42.4 Å². The number of carbonyl (C=O) groups is 1. The molecule has 0 unspecified atom stereocenters. The lowest BCUT2D eigenvalue weighted by Crippen LogP contribution is -3.27. The van der Waals surface area contributed by atoms with Crippen LogP contribution in [-0.2, 0) is 6.54 Å². The number of allylic oxidation sites excluding steroid dienone is 1. The van der Waals surface area contributed by atoms with Crippen LogP contribution in [0, 0.1) is 0 Å². The topological polar surface area (TPSA) is 60.3 Å². The Kier molecular flexibility index (Phi) is 7.05. The van der Waals surface area contributed by atoms with Crippen LogP contribution in [0.5, 0.6) is 5.75 Å². The highest BCUT2D eigenvalue weighted by molar-refractivity contribution is 6.07. The van der Waals surface area contributed by atoms with Gasteiger partial charge >= 0.3 is 0 Å². The Hall–Kier alpha value is -2.93. The van der Waals surface area contributed by atoms with Crippen LogP contribution in [0.2, 0.25) is 0 Å². The highest BCUT2D eigenvalue weighted by atomic mass is 16.5. The molecule has 0 spiro atoms. The van der Waals surface area contributed by atoms with Crippen molar-refractivity contribution in [3.63, 3.8) is 0 Å². The maximum atomic E-state index is 12.6. The largest absolute Gasteiger partial charge is 0.497 e. The molecule has 4 rings (SSSR count). The Morgan fingerprint density at radius 3 is 2.56 bits per heavy atom. The van der Waals surface area contributed by atoms with Gasteiger partial charge in [-0.05, 0) is 42.5 Å². The Morgan fingerprint density at radius 2 is 1.84 bits per heavy atom. The molecule has 0 bridgehead atoms. The lowest BCUT2D eigenvalue weighted by Gasteiger charge is -2.28. The van der Waals surface area contributed by atoms with Crippen LogP contribution >= 0.6 is 0 Å². The molecule has 1 atom stereocenters. The van der Waals surface area contributed by atoms with Gasteiger partial charge in [0, 0.05) is 28.2 Å². The SMILES string of the molecule is COc1ccc(C(=O)/C=C/c2cn(C[C@H](O)C[NH+]3CC[NH+](C)CC3)c3ccccc23)cc1. The summed E-state index contributed by atoms with van der Waals surface area (Å²) >= 11 is 0. The van der Waals surface area contributed by atoms with Gasteiger partial charge in [-0.25, -0.2) is 0 Å². The van der Waals surface area contributed by atoms with Crippen molar-refractivity contribution in [1.82, 2.24) is 4.57 Å². The first-order valence-electron chi connectivity index (χ1n) is 11.3. The fraction of sp³-hybridized carbons (Fsp3) is 0.346. The molecule has 32 heavy (non-hydrogen) atoms. The lowest BCUT2D eigenvalue weighted by molar-refractivity contribution is -1.00. The van der Waals surface area contributed by atoms with Gasteiger partial charge in [-0.1, -0.05) is 18.2 Å². The van der Waals surface area contributed by atoms with E-state index in [4.69, 9.17) is 4.74 Å². The van der Waals surface area contributed by atoms with Crippen molar-refractivity contribution in [2.75, 3.05) is 46.9 Å². The lowest BCUT2D eigenvalue weighted by atomic mass is 10.1. The van der Waals surface area contributed by atoms with Gasteiger partial charge in [0.1, 0.15) is 44.6 Å². The molecule has 1 aromatic heterocycles. The van der Waals surface area contributed by atoms with Gasteiger partial charge in [-0.3, -0.25) is 4.79 Å². The second-order valence-electron chi connectivity index (χ2n) is 8.75. The first kappa shape index (κ1) is 22.3. The zero-order valence-corrected chi connectivity index (χ0v) is 18.9. The molecule has 1 aliphatic rings. The van der Waals surface area contributed by atoms with E-state index in [1.807, 2.05) is 24.4 Å². The molecular formula is C26H33N3O3+2. The highest BCUT2D eigenvalue weighted by Crippen LogP contribution is 2.23. The number of para-hydroxylation sites is 1. The van der Waals surface area contributed by atoms with Crippen LogP contribution in [0.3, 0.4) is 0 Å². The fourth-order valence-corrected chi connectivity index (χ4v) is 4.44. The van der Waals surface area contributed by atoms with Gasteiger partial charge in [0.05, 0.1) is 20.7 Å². The Balaban J connectivity index is 1.48. The normalized spacial score (nSPS) is 20.0. The van der Waals surface area contributed by atoms with Crippen molar-refractivity contribution < 1.29 is 24.4 Å². The summed E-state index contributed by atoms with van der Waals surface area (Å²) < 4.78 is 7.27. The second kappa shape index (κ2) is 10.1. The number of quaternary nitrogens is 2. The van der Waals surface area contributed by atoms with E-state index in [-0.39, 0.29) is 5.78 Å². The quantitative estimate of drug-likeness (QED) is 0.353. The number of hydrogen-bond acceptors (Lipinski definition) is 3. The minimum Gasteiger partial charge on any atom is -0.497 e. The molecule has 0 amide bonds. The fourth-order valence-electron chi connectivity index (χ4n) is 4.44. The first-order valence-corrected chi connectivity index (χ1v) is 11.3. The molecule has 1 fully saturated rings. The molecule has 0 aliphatic carbocycles. The number of aromatic nitrogens is 1. The highest BCUT2D eigenvalue weighted by Gasteiger charge is 2.23. The Morgan fingerprint density at radius 1 is 1.12 bits per heavy atom. The molecule has 2 heterocycles. The van der Waals surface area contributed by atoms with Gasteiger partial charge in [-0.2, -0.15) is 0 Å². The number of carbonyl (C=O) groups excluding carboxylic acids is 1. The van der Waals surface area contributed by atoms with E-state index in [9.17, 15) is 9.90 Å². The first-order chi connectivity index (χ1) is 15.5. The molecule has 3 aromatic rings. The average molecular weight is 436 g/mol. The molecule has 3 N–H and O–H groups in total. The van der Waals surface area contributed by atoms with Gasteiger partial charge in [0.25, 0.3) is 0 Å². The number of hydrogen-bond donors (Lipinski definition) is 3. The summed E-state index contributed by atoms with van der Waals surface area (Å²) in [6.45, 7) is 5.85. The summed E-state index contributed by atoms with van der Waals surface area (Å²) in [4.78, 5) is 15.7. The molecule has 1 aliphatic heterocycles. The summed E-state index contributed by atoms with van der Waals surface area (Å²) in [5, 5.41) is 11.8. The number of aliphatic hydroxyl groups is 1. The summed E-state index contributed by atoms with van der Waals surface area (Å²) in [5.41, 5.74) is 2.67. The maximum Gasteiger partial charge on any atom is 0.185 e. The third-order valence-electron chi connectivity index (χ3n) is 6.35. The van der Waals surface area contributed by atoms with Crippen LogP contribution in [0.15, 0.2) is 60.8 Å². The predicted molar refractivity (Wildman–Crippen MR) is 126 cm³/mol. The summed E-state index contributed by atoms with van der Waals surface area (Å²) in [5.74, 6) is 0.678. The number of aliphatic hydroxyl groups excluding tert-OH is 1. The van der Waals surface area contributed by atoms with Crippen LogP contribution < -0.4 is 14.5 Å². The number of ether oxygens (including phenoxy) is 1. The molecule has 2 aromatic carbocycles. The van der Waals surface area contributed by atoms with E-state index in [0.717, 1.165) is 54.9 Å². The van der Waals surface area contributed by atoms with Gasteiger partial charge in [0.15, 0.2) is 5.78 Å². The summed E-state index contributed by atoms with van der Waals surface area (Å²) in [7, 11) is 3.84. The zero-order chi connectivity index (χ0) is 22.5. The van der Waals surface area contributed by atoms with Crippen molar-refractivity contribution in [3.8, 4) is 5.75 Å². The summed E-state index contributed by atoms with van der Waals surface area (Å²) in [6, 6.07) is 15.3. The molecule has 6 nitrogen and oxygen atoms in total. The third-order valence-corrected chi connectivity index (χ3v) is 6.35. The number of ketones is 1. The van der Waals surface area contributed by atoms with E-state index < -0.39 is 6.10 Å². The second-order valence-corrected chi connectivity index (χ2v) is 8.75. The molecular weight excluding hydrogens is 402 g/mol. The van der Waals surface area contributed by atoms with Crippen LogP contribution in [0.1, 0.15) is 15.9 Å². The van der Waals surface area contributed by atoms with E-state index in [2.05, 4.69) is 23.7 Å². The van der Waals surface area contributed by atoms with E-state index in [0.29, 0.717) is 12.1 Å². The van der Waals surface area contributed by atoms with Crippen LogP contribution in [0.25, 0.3) is 17.0 Å². The number of nitrogens with zero attached hydrogens (tertiary/aromatic N) is 1. The van der Waals surface area contributed by atoms with Crippen molar-refractivity contribution >= 4 is 22.8 Å². The Bertz CT molecular complexity index is 1080. The van der Waals surface area contributed by atoms with Crippen molar-refractivity contribution in [2.45, 2.75) is 12.6 Å². The van der Waals surface area contributed by atoms with E-state index in [1.165, 1.54) is 4.90 Å². The monoisotopic (exact) mass is 435 g/mol. The standard InChI is InChI=1S/C26H31N3O3/c1-27-13-15-28(16-14-27)18-22(30)19-29-17-21(24-5-3-4-6-25(24)29)9-12-26(31)20-7-10-23(32-2)11-8-20/h3-12,17,22,30H,13-16,18-19H2,1-2H3/p+2/b12-9+/t22-/m1/s1. The van der Waals surface area contributed by atoms with Gasteiger partial charge < -0.3 is 24.2 Å². The number of methoxy groups -OCH3 is 1. The molecule has 168 valence electrons. The minimum absolute atomic E-state index is 0.0506. The molecule has 0 saturated carbocycles. The van der Waals surface area contributed by atoms with Crippen molar-refractivity contribution in [1.29, 1.82) is 0 Å². The minimum atomic E-state index is -0.406. The van der Waals surface area contributed by atoms with Crippen molar-refractivity contribution in [2.24, 2.45) is 0 Å². The summed E-state index contributed by atoms with van der Waals surface area (Å²) in [6.07, 6.45) is 5.11. The molecule has 6 heteroatoms. The predicted octanol–water partition coefficient (Wildman–Crippen LogP) is 0.320. The number of nitrogens with one attached hydrogen (secondary N) is 2. The number of fused-ring (bicyclic) bond motifs is 1. The van der Waals surface area contributed by atoms with Crippen LogP contribution in [-0.4, -0.2) is 68.4 Å². The van der Waals surface area contributed by atoms with Gasteiger partial charge in [-0.15, -0.1) is 0 Å². The number of likely N-dealkylation sites (N-methyl/N-ethyl adjacent to an activating group) is 1.